The number of anilines is 1. The number of ketones is 1. The van der Waals surface area contributed by atoms with Gasteiger partial charge in [0.25, 0.3) is 0 Å². The molecule has 2 nitrogen and oxygen atoms in total. The summed E-state index contributed by atoms with van der Waals surface area (Å²) in [5.74, 6) is -0.686. The molecule has 0 saturated heterocycles. The molecular formula is C17H14F3NO. The normalized spacial score (nSPS) is 12.1. The minimum absolute atomic E-state index is 0.249. The first kappa shape index (κ1) is 15.8. The molecule has 0 aliphatic heterocycles. The van der Waals surface area contributed by atoms with Crippen molar-refractivity contribution in [3.05, 3.63) is 77.5 Å². The second kappa shape index (κ2) is 6.47. The van der Waals surface area contributed by atoms with E-state index in [-0.39, 0.29) is 11.3 Å². The molecule has 2 aromatic carbocycles. The van der Waals surface area contributed by atoms with Crippen molar-refractivity contribution in [2.45, 2.75) is 13.1 Å². The van der Waals surface area contributed by atoms with E-state index in [0.29, 0.717) is 11.6 Å². The first-order valence-corrected chi connectivity index (χ1v) is 6.59. The van der Waals surface area contributed by atoms with Gasteiger partial charge in [-0.1, -0.05) is 42.5 Å². The summed E-state index contributed by atoms with van der Waals surface area (Å²) < 4.78 is 39.3. The monoisotopic (exact) mass is 305 g/mol. The zero-order valence-corrected chi connectivity index (χ0v) is 11.8. The Labute approximate surface area is 126 Å². The number of hydrogen-bond donors (Lipinski definition) is 1. The molecule has 0 bridgehead atoms. The van der Waals surface area contributed by atoms with Crippen LogP contribution < -0.4 is 5.32 Å². The third-order valence-corrected chi connectivity index (χ3v) is 3.04. The first-order valence-electron chi connectivity index (χ1n) is 6.59. The maximum absolute atomic E-state index is 13.1. The Balaban J connectivity index is 2.33. The molecule has 0 unspecified atom stereocenters. The maximum atomic E-state index is 13.1. The highest BCUT2D eigenvalue weighted by Crippen LogP contribution is 2.27. The summed E-state index contributed by atoms with van der Waals surface area (Å²) in [5.41, 5.74) is 0.0553. The smallest absolute Gasteiger partial charge is 0.351 e. The highest BCUT2D eigenvalue weighted by atomic mass is 19.4. The average Bonchev–Trinajstić information content (AvgIpc) is 2.47. The molecule has 0 fully saturated rings. The Morgan fingerprint density at radius 2 is 1.59 bits per heavy atom. The predicted octanol–water partition coefficient (Wildman–Crippen LogP) is 4.74. The Morgan fingerprint density at radius 3 is 2.18 bits per heavy atom. The minimum atomic E-state index is -4.64. The molecule has 2 rings (SSSR count). The second-order valence-corrected chi connectivity index (χ2v) is 4.73. The van der Waals surface area contributed by atoms with Crippen LogP contribution in [-0.4, -0.2) is 12.0 Å². The van der Waals surface area contributed by atoms with Crippen LogP contribution in [0.5, 0.6) is 0 Å². The highest BCUT2D eigenvalue weighted by Gasteiger charge is 2.34. The number of carbonyl (C=O) groups is 1. The molecule has 0 atom stereocenters. The number of benzene rings is 2. The van der Waals surface area contributed by atoms with Gasteiger partial charge in [0.15, 0.2) is 5.78 Å². The van der Waals surface area contributed by atoms with Crippen molar-refractivity contribution in [1.29, 1.82) is 0 Å². The van der Waals surface area contributed by atoms with Crippen molar-refractivity contribution in [2.24, 2.45) is 0 Å². The lowest BCUT2D eigenvalue weighted by atomic mass is 10.0. The minimum Gasteiger partial charge on any atom is -0.351 e. The number of alkyl halides is 3. The van der Waals surface area contributed by atoms with Gasteiger partial charge < -0.3 is 5.32 Å². The van der Waals surface area contributed by atoms with Crippen LogP contribution in [0, 0.1) is 6.92 Å². The molecule has 1 N–H and O–H groups in total. The second-order valence-electron chi connectivity index (χ2n) is 4.73. The number of para-hydroxylation sites is 1. The van der Waals surface area contributed by atoms with Gasteiger partial charge >= 0.3 is 6.18 Å². The maximum Gasteiger partial charge on any atom is 0.431 e. The number of aryl methyl sites for hydroxylation is 1. The van der Waals surface area contributed by atoms with Gasteiger partial charge in [0, 0.05) is 17.3 Å². The Morgan fingerprint density at radius 1 is 1.00 bits per heavy atom. The Bertz CT molecular complexity index is 691. The Hall–Kier alpha value is -2.56. The van der Waals surface area contributed by atoms with E-state index in [4.69, 9.17) is 0 Å². The van der Waals surface area contributed by atoms with Gasteiger partial charge in [-0.15, -0.1) is 0 Å². The number of nitrogens with one attached hydrogen (secondary N) is 1. The van der Waals surface area contributed by atoms with Gasteiger partial charge in [-0.2, -0.15) is 13.2 Å². The molecule has 0 amide bonds. The molecule has 114 valence electrons. The fourth-order valence-electron chi connectivity index (χ4n) is 1.92. The van der Waals surface area contributed by atoms with E-state index in [1.165, 1.54) is 18.2 Å². The highest BCUT2D eigenvalue weighted by molar-refractivity contribution is 6.06. The van der Waals surface area contributed by atoms with Crippen molar-refractivity contribution in [1.82, 2.24) is 0 Å². The summed E-state index contributed by atoms with van der Waals surface area (Å²) >= 11 is 0. The number of allylic oxidation sites excluding steroid dienone is 2. The van der Waals surface area contributed by atoms with Crippen molar-refractivity contribution >= 4 is 11.5 Å². The molecule has 0 saturated carbocycles. The van der Waals surface area contributed by atoms with Crippen molar-refractivity contribution in [2.75, 3.05) is 5.32 Å². The van der Waals surface area contributed by atoms with Gasteiger partial charge in [0.05, 0.1) is 0 Å². The molecule has 0 heterocycles. The lowest BCUT2D eigenvalue weighted by Gasteiger charge is -2.14. The molecule has 22 heavy (non-hydrogen) atoms. The third kappa shape index (κ3) is 3.97. The topological polar surface area (TPSA) is 29.1 Å². The van der Waals surface area contributed by atoms with E-state index in [0.717, 1.165) is 0 Å². The number of hydrogen-bond acceptors (Lipinski definition) is 2. The van der Waals surface area contributed by atoms with Gasteiger partial charge in [0.1, 0.15) is 5.70 Å². The zero-order chi connectivity index (χ0) is 16.2. The molecule has 5 heteroatoms. The molecule has 0 aliphatic carbocycles. The molecule has 0 radical (unpaired) electrons. The zero-order valence-electron chi connectivity index (χ0n) is 11.8. The molecule has 0 spiro atoms. The van der Waals surface area contributed by atoms with Crippen LogP contribution in [-0.2, 0) is 0 Å². The van der Waals surface area contributed by atoms with Gasteiger partial charge in [-0.25, -0.2) is 0 Å². The largest absolute Gasteiger partial charge is 0.431 e. The van der Waals surface area contributed by atoms with E-state index >= 15 is 0 Å². The SMILES string of the molecule is Cc1ccccc1C(=O)/C=C(/Nc1ccccc1)C(F)(F)F. The molecular weight excluding hydrogens is 291 g/mol. The summed E-state index contributed by atoms with van der Waals surface area (Å²) in [6.45, 7) is 1.68. The summed E-state index contributed by atoms with van der Waals surface area (Å²) in [6, 6.07) is 14.4. The van der Waals surface area contributed by atoms with E-state index in [2.05, 4.69) is 5.32 Å². The van der Waals surface area contributed by atoms with Crippen LogP contribution in [0.4, 0.5) is 18.9 Å². The average molecular weight is 305 g/mol. The van der Waals surface area contributed by atoms with Crippen LogP contribution in [0.15, 0.2) is 66.4 Å². The van der Waals surface area contributed by atoms with Gasteiger partial charge in [0.2, 0.25) is 0 Å². The third-order valence-electron chi connectivity index (χ3n) is 3.04. The molecule has 0 aliphatic rings. The van der Waals surface area contributed by atoms with Crippen LogP contribution in [0.3, 0.4) is 0 Å². The molecule has 0 aromatic heterocycles. The lowest BCUT2D eigenvalue weighted by molar-refractivity contribution is -0.0903. The lowest BCUT2D eigenvalue weighted by Crippen LogP contribution is -2.20. The fourth-order valence-corrected chi connectivity index (χ4v) is 1.92. The summed E-state index contributed by atoms with van der Waals surface area (Å²) in [4.78, 5) is 12.1. The van der Waals surface area contributed by atoms with E-state index in [1.54, 1.807) is 43.3 Å². The fraction of sp³-hybridized carbons (Fsp3) is 0.118. The Kier molecular flexibility index (Phi) is 4.65. The quantitative estimate of drug-likeness (QED) is 0.653. The number of carbonyl (C=O) groups excluding carboxylic acids is 1. The van der Waals surface area contributed by atoms with Crippen molar-refractivity contribution in [3.63, 3.8) is 0 Å². The van der Waals surface area contributed by atoms with Crippen LogP contribution >= 0.6 is 0 Å². The van der Waals surface area contributed by atoms with E-state index in [1.807, 2.05) is 0 Å². The number of halogens is 3. The van der Waals surface area contributed by atoms with Crippen molar-refractivity contribution in [3.8, 4) is 0 Å². The van der Waals surface area contributed by atoms with E-state index < -0.39 is 17.7 Å². The van der Waals surface area contributed by atoms with Gasteiger partial charge in [-0.3, -0.25) is 4.79 Å². The molecule has 2 aromatic rings. The summed E-state index contributed by atoms with van der Waals surface area (Å²) in [7, 11) is 0. The van der Waals surface area contributed by atoms with Crippen LogP contribution in [0.1, 0.15) is 15.9 Å². The van der Waals surface area contributed by atoms with Crippen LogP contribution in [0.2, 0.25) is 0 Å². The number of rotatable bonds is 4. The van der Waals surface area contributed by atoms with Crippen LogP contribution in [0.25, 0.3) is 0 Å². The summed E-state index contributed by atoms with van der Waals surface area (Å²) in [6.07, 6.45) is -4.05. The van der Waals surface area contributed by atoms with Crippen molar-refractivity contribution < 1.29 is 18.0 Å². The van der Waals surface area contributed by atoms with E-state index in [9.17, 15) is 18.0 Å². The standard InChI is InChI=1S/C17H14F3NO/c1-12-7-5-6-10-14(12)15(22)11-16(17(18,19)20)21-13-8-3-2-4-9-13/h2-11,21H,1H3/b16-11+. The van der Waals surface area contributed by atoms with Gasteiger partial charge in [-0.05, 0) is 24.6 Å². The first-order chi connectivity index (χ1) is 10.4. The predicted molar refractivity (Wildman–Crippen MR) is 79.7 cm³/mol. The summed E-state index contributed by atoms with van der Waals surface area (Å²) in [5, 5.41) is 2.25.